The minimum absolute atomic E-state index is 0.917. The van der Waals surface area contributed by atoms with Crippen molar-refractivity contribution in [2.45, 2.75) is 52.5 Å². The molecule has 0 atom stereocenters. The summed E-state index contributed by atoms with van der Waals surface area (Å²) in [6, 6.07) is 0.917. The Bertz CT molecular complexity index is 168. The molecule has 0 aromatic heterocycles. The van der Waals surface area contributed by atoms with Crippen LogP contribution >= 0.6 is 0 Å². The molecular formula is C12H23N. The highest BCUT2D eigenvalue weighted by atomic mass is 15.2. The normalized spacial score (nSPS) is 18.3. The fraction of sp³-hybridized carbons (Fsp3) is 0.833. The molecule has 1 aliphatic carbocycles. The fourth-order valence-corrected chi connectivity index (χ4v) is 1.57. The smallest absolute Gasteiger partial charge is 0.0168 e. The van der Waals surface area contributed by atoms with E-state index in [0.717, 1.165) is 6.04 Å². The van der Waals surface area contributed by atoms with E-state index in [1.807, 2.05) is 0 Å². The number of hydrogen-bond donors (Lipinski definition) is 0. The third-order valence-corrected chi connectivity index (χ3v) is 2.81. The lowest BCUT2D eigenvalue weighted by molar-refractivity contribution is 0.292. The number of hydrogen-bond acceptors (Lipinski definition) is 1. The minimum atomic E-state index is 0.917. The van der Waals surface area contributed by atoms with Gasteiger partial charge >= 0.3 is 0 Å². The van der Waals surface area contributed by atoms with Crippen molar-refractivity contribution in [1.29, 1.82) is 0 Å². The third kappa shape index (κ3) is 3.95. The first-order valence-electron chi connectivity index (χ1n) is 5.67. The van der Waals surface area contributed by atoms with Crippen LogP contribution in [0.4, 0.5) is 0 Å². The van der Waals surface area contributed by atoms with Gasteiger partial charge in [-0.25, -0.2) is 0 Å². The number of allylic oxidation sites excluding steroid dienone is 1. The van der Waals surface area contributed by atoms with Crippen molar-refractivity contribution < 1.29 is 0 Å². The summed E-state index contributed by atoms with van der Waals surface area (Å²) < 4.78 is 0. The first kappa shape index (κ1) is 10.8. The first-order chi connectivity index (χ1) is 6.27. The lowest BCUT2D eigenvalue weighted by Gasteiger charge is -2.19. The highest BCUT2D eigenvalue weighted by molar-refractivity contribution is 5.00. The van der Waals surface area contributed by atoms with Gasteiger partial charge in [0.1, 0.15) is 0 Å². The van der Waals surface area contributed by atoms with E-state index in [2.05, 4.69) is 31.7 Å². The molecule has 1 heteroatoms. The third-order valence-electron chi connectivity index (χ3n) is 2.81. The Balaban J connectivity index is 2.29. The monoisotopic (exact) mass is 181 g/mol. The zero-order chi connectivity index (χ0) is 9.68. The SMILES string of the molecule is CCCN(C/C=C(\C)CC)C1CC1. The van der Waals surface area contributed by atoms with E-state index in [9.17, 15) is 0 Å². The Kier molecular flexibility index (Phi) is 4.51. The summed E-state index contributed by atoms with van der Waals surface area (Å²) in [5.41, 5.74) is 1.53. The molecule has 0 aliphatic heterocycles. The lowest BCUT2D eigenvalue weighted by atomic mass is 10.2. The van der Waals surface area contributed by atoms with E-state index < -0.39 is 0 Å². The average Bonchev–Trinajstić information content (AvgIpc) is 2.94. The topological polar surface area (TPSA) is 3.24 Å². The van der Waals surface area contributed by atoms with Crippen molar-refractivity contribution in [1.82, 2.24) is 4.90 Å². The molecule has 0 aromatic carbocycles. The van der Waals surface area contributed by atoms with E-state index in [0.29, 0.717) is 0 Å². The molecule has 13 heavy (non-hydrogen) atoms. The Hall–Kier alpha value is -0.300. The number of rotatable bonds is 6. The lowest BCUT2D eigenvalue weighted by Crippen LogP contribution is -2.27. The van der Waals surface area contributed by atoms with Crippen LogP contribution in [0.3, 0.4) is 0 Å². The molecule has 0 radical (unpaired) electrons. The van der Waals surface area contributed by atoms with Gasteiger partial charge in [-0.3, -0.25) is 4.90 Å². The molecule has 0 spiro atoms. The van der Waals surface area contributed by atoms with Gasteiger partial charge in [0, 0.05) is 12.6 Å². The van der Waals surface area contributed by atoms with E-state index in [-0.39, 0.29) is 0 Å². The van der Waals surface area contributed by atoms with Crippen LogP contribution in [0, 0.1) is 0 Å². The molecule has 1 nitrogen and oxygen atoms in total. The van der Waals surface area contributed by atoms with Crippen molar-refractivity contribution in [3.63, 3.8) is 0 Å². The van der Waals surface area contributed by atoms with Gasteiger partial charge in [-0.05, 0) is 39.2 Å². The molecular weight excluding hydrogens is 158 g/mol. The Morgan fingerprint density at radius 2 is 2.08 bits per heavy atom. The highest BCUT2D eigenvalue weighted by Gasteiger charge is 2.27. The summed E-state index contributed by atoms with van der Waals surface area (Å²) in [6.07, 6.45) is 7.74. The van der Waals surface area contributed by atoms with Crippen molar-refractivity contribution >= 4 is 0 Å². The van der Waals surface area contributed by atoms with Crippen molar-refractivity contribution in [3.05, 3.63) is 11.6 Å². The van der Waals surface area contributed by atoms with Gasteiger partial charge in [-0.15, -0.1) is 0 Å². The van der Waals surface area contributed by atoms with Crippen LogP contribution in [0.25, 0.3) is 0 Å². The maximum Gasteiger partial charge on any atom is 0.0168 e. The standard InChI is InChI=1S/C12H23N/c1-4-9-13(12-6-7-12)10-8-11(3)5-2/h8,12H,4-7,9-10H2,1-3H3/b11-8+. The van der Waals surface area contributed by atoms with Crippen LogP contribution in [0.5, 0.6) is 0 Å². The molecule has 1 fully saturated rings. The molecule has 1 saturated carbocycles. The second-order valence-electron chi connectivity index (χ2n) is 4.13. The minimum Gasteiger partial charge on any atom is -0.297 e. The van der Waals surface area contributed by atoms with E-state index >= 15 is 0 Å². The Morgan fingerprint density at radius 3 is 2.54 bits per heavy atom. The maximum absolute atomic E-state index is 2.62. The van der Waals surface area contributed by atoms with Crippen molar-refractivity contribution in [3.8, 4) is 0 Å². The van der Waals surface area contributed by atoms with E-state index in [1.54, 1.807) is 0 Å². The summed E-state index contributed by atoms with van der Waals surface area (Å²) >= 11 is 0. The Labute approximate surface area is 82.8 Å². The molecule has 0 unspecified atom stereocenters. The maximum atomic E-state index is 2.62. The van der Waals surface area contributed by atoms with Crippen LogP contribution in [-0.2, 0) is 0 Å². The molecule has 76 valence electrons. The molecule has 1 aliphatic rings. The summed E-state index contributed by atoms with van der Waals surface area (Å²) in [5, 5.41) is 0. The van der Waals surface area contributed by atoms with Crippen LogP contribution in [0.15, 0.2) is 11.6 Å². The summed E-state index contributed by atoms with van der Waals surface area (Å²) in [7, 11) is 0. The van der Waals surface area contributed by atoms with Crippen LogP contribution in [-0.4, -0.2) is 24.0 Å². The molecule has 1 rings (SSSR count). The summed E-state index contributed by atoms with van der Waals surface area (Å²) in [4.78, 5) is 2.62. The zero-order valence-corrected chi connectivity index (χ0v) is 9.34. The summed E-state index contributed by atoms with van der Waals surface area (Å²) in [5.74, 6) is 0. The second-order valence-corrected chi connectivity index (χ2v) is 4.13. The predicted octanol–water partition coefficient (Wildman–Crippen LogP) is 3.22. The molecule has 0 bridgehead atoms. The van der Waals surface area contributed by atoms with E-state index in [1.165, 1.54) is 44.3 Å². The fourth-order valence-electron chi connectivity index (χ4n) is 1.57. The average molecular weight is 181 g/mol. The van der Waals surface area contributed by atoms with E-state index in [4.69, 9.17) is 0 Å². The van der Waals surface area contributed by atoms with Crippen LogP contribution in [0.1, 0.15) is 46.5 Å². The summed E-state index contributed by atoms with van der Waals surface area (Å²) in [6.45, 7) is 9.19. The van der Waals surface area contributed by atoms with Crippen LogP contribution in [0.2, 0.25) is 0 Å². The van der Waals surface area contributed by atoms with Crippen molar-refractivity contribution in [2.75, 3.05) is 13.1 Å². The predicted molar refractivity (Wildman–Crippen MR) is 58.9 cm³/mol. The Morgan fingerprint density at radius 1 is 1.38 bits per heavy atom. The quantitative estimate of drug-likeness (QED) is 0.569. The molecule has 0 heterocycles. The van der Waals surface area contributed by atoms with Gasteiger partial charge in [0.05, 0.1) is 0 Å². The van der Waals surface area contributed by atoms with Gasteiger partial charge < -0.3 is 0 Å². The molecule has 0 saturated heterocycles. The molecule has 0 N–H and O–H groups in total. The van der Waals surface area contributed by atoms with Gasteiger partial charge in [-0.1, -0.05) is 25.5 Å². The van der Waals surface area contributed by atoms with Gasteiger partial charge in [0.15, 0.2) is 0 Å². The largest absolute Gasteiger partial charge is 0.297 e. The van der Waals surface area contributed by atoms with Crippen molar-refractivity contribution in [2.24, 2.45) is 0 Å². The van der Waals surface area contributed by atoms with Crippen LogP contribution < -0.4 is 0 Å². The molecule has 0 aromatic rings. The van der Waals surface area contributed by atoms with Gasteiger partial charge in [0.25, 0.3) is 0 Å². The molecule has 0 amide bonds. The zero-order valence-electron chi connectivity index (χ0n) is 9.34. The first-order valence-corrected chi connectivity index (χ1v) is 5.67. The van der Waals surface area contributed by atoms with Gasteiger partial charge in [0.2, 0.25) is 0 Å². The second kappa shape index (κ2) is 5.43. The van der Waals surface area contributed by atoms with Gasteiger partial charge in [-0.2, -0.15) is 0 Å². The number of nitrogens with zero attached hydrogens (tertiary/aromatic N) is 1. The highest BCUT2D eigenvalue weighted by Crippen LogP contribution is 2.26.